The van der Waals surface area contributed by atoms with E-state index in [9.17, 15) is 9.59 Å². The number of para-hydroxylation sites is 1. The summed E-state index contributed by atoms with van der Waals surface area (Å²) in [5.41, 5.74) is 5.92. The molecule has 1 aromatic carbocycles. The fraction of sp³-hybridized carbons (Fsp3) is 0.200. The van der Waals surface area contributed by atoms with E-state index < -0.39 is 5.91 Å². The summed E-state index contributed by atoms with van der Waals surface area (Å²) in [4.78, 5) is 26.9. The quantitative estimate of drug-likeness (QED) is 0.442. The van der Waals surface area contributed by atoms with Gasteiger partial charge < -0.3 is 20.4 Å². The zero-order chi connectivity index (χ0) is 19.8. The number of benzene rings is 1. The topological polar surface area (TPSA) is 89.8 Å². The number of carbonyl (C=O) groups is 2. The number of nitrogens with two attached hydrogens (primary N) is 1. The van der Waals surface area contributed by atoms with Crippen LogP contribution in [0.1, 0.15) is 10.6 Å². The van der Waals surface area contributed by atoms with E-state index in [2.05, 4.69) is 11.4 Å². The number of hydrogen-bond donors (Lipinski definition) is 3. The number of carbonyl (C=O) groups excluding carboxylic acids is 2. The molecule has 28 heavy (non-hydrogen) atoms. The third-order valence-corrected chi connectivity index (χ3v) is 5.92. The lowest BCUT2D eigenvalue weighted by Crippen LogP contribution is -3.10. The fourth-order valence-electron chi connectivity index (χ4n) is 2.77. The molecule has 3 aromatic rings. The Morgan fingerprint density at radius 2 is 1.96 bits per heavy atom. The molecule has 0 aliphatic carbocycles. The Labute approximate surface area is 171 Å². The van der Waals surface area contributed by atoms with Gasteiger partial charge in [0, 0.05) is 4.90 Å². The first-order valence-corrected chi connectivity index (χ1v) is 10.6. The summed E-state index contributed by atoms with van der Waals surface area (Å²) >= 11 is 2.99. The average molecular weight is 417 g/mol. The van der Waals surface area contributed by atoms with E-state index in [0.717, 1.165) is 22.1 Å². The molecular weight excluding hydrogens is 394 g/mol. The van der Waals surface area contributed by atoms with E-state index in [1.54, 1.807) is 17.6 Å². The Hall–Kier alpha value is -2.55. The molecule has 0 saturated carbocycles. The number of rotatable bonds is 10. The summed E-state index contributed by atoms with van der Waals surface area (Å²) in [6.45, 7) is 1.66. The Morgan fingerprint density at radius 3 is 2.68 bits per heavy atom. The summed E-state index contributed by atoms with van der Waals surface area (Å²) in [7, 11) is 0. The van der Waals surface area contributed by atoms with Crippen LogP contribution in [-0.4, -0.2) is 24.1 Å². The van der Waals surface area contributed by atoms with E-state index in [-0.39, 0.29) is 11.7 Å². The smallest absolute Gasteiger partial charge is 0.279 e. The van der Waals surface area contributed by atoms with Crippen molar-refractivity contribution in [2.75, 3.05) is 17.6 Å². The molecule has 1 unspecified atom stereocenters. The SMILES string of the molecule is NC(=O)CSc1ccccc1NC(=O)C[NH+](Cc1ccco1)Cc1cccs1. The molecule has 6 nitrogen and oxygen atoms in total. The van der Waals surface area contributed by atoms with Gasteiger partial charge >= 0.3 is 0 Å². The number of primary amides is 1. The first kappa shape index (κ1) is 20.2. The van der Waals surface area contributed by atoms with Crippen LogP contribution < -0.4 is 16.0 Å². The summed E-state index contributed by atoms with van der Waals surface area (Å²) in [6.07, 6.45) is 1.64. The van der Waals surface area contributed by atoms with Crippen molar-refractivity contribution in [3.8, 4) is 0 Å². The van der Waals surface area contributed by atoms with Gasteiger partial charge in [0.25, 0.3) is 5.91 Å². The number of nitrogens with one attached hydrogen (secondary N) is 2. The van der Waals surface area contributed by atoms with E-state index in [1.807, 2.05) is 47.8 Å². The number of anilines is 1. The van der Waals surface area contributed by atoms with Crippen molar-refractivity contribution in [2.45, 2.75) is 18.0 Å². The van der Waals surface area contributed by atoms with Crippen LogP contribution in [0.5, 0.6) is 0 Å². The van der Waals surface area contributed by atoms with Crippen LogP contribution >= 0.6 is 23.1 Å². The summed E-state index contributed by atoms with van der Waals surface area (Å²) in [6, 6.07) is 15.3. The summed E-state index contributed by atoms with van der Waals surface area (Å²) in [5.74, 6) is 0.527. The second-order valence-electron chi connectivity index (χ2n) is 6.24. The molecule has 0 bridgehead atoms. The van der Waals surface area contributed by atoms with Crippen molar-refractivity contribution < 1.29 is 18.9 Å². The van der Waals surface area contributed by atoms with Crippen LogP contribution in [0.4, 0.5) is 5.69 Å². The highest BCUT2D eigenvalue weighted by atomic mass is 32.2. The molecule has 3 rings (SSSR count). The van der Waals surface area contributed by atoms with Gasteiger partial charge in [0.1, 0.15) is 13.1 Å². The van der Waals surface area contributed by atoms with Crippen molar-refractivity contribution in [1.29, 1.82) is 0 Å². The molecular formula is C20H22N3O3S2+. The molecule has 8 heteroatoms. The predicted octanol–water partition coefficient (Wildman–Crippen LogP) is 2.14. The number of quaternary nitrogens is 1. The minimum absolute atomic E-state index is 0.0924. The standard InChI is InChI=1S/C20H21N3O3S2/c21-19(24)14-28-18-8-2-1-7-17(18)22-20(25)13-23(11-15-5-3-9-26-15)12-16-6-4-10-27-16/h1-10H,11-14H2,(H2,21,24)(H,22,25)/p+1. The highest BCUT2D eigenvalue weighted by Crippen LogP contribution is 2.26. The highest BCUT2D eigenvalue weighted by molar-refractivity contribution is 8.00. The fourth-order valence-corrected chi connectivity index (χ4v) is 4.30. The Balaban J connectivity index is 1.65. The number of thioether (sulfide) groups is 1. The number of furan rings is 1. The molecule has 0 spiro atoms. The van der Waals surface area contributed by atoms with Crippen LogP contribution in [0.2, 0.25) is 0 Å². The van der Waals surface area contributed by atoms with Crippen LogP contribution in [0.3, 0.4) is 0 Å². The van der Waals surface area contributed by atoms with Gasteiger partial charge in [-0.1, -0.05) is 18.2 Å². The second kappa shape index (κ2) is 10.1. The maximum Gasteiger partial charge on any atom is 0.279 e. The van der Waals surface area contributed by atoms with Gasteiger partial charge in [0.15, 0.2) is 12.3 Å². The molecule has 0 aliphatic heterocycles. The molecule has 2 aromatic heterocycles. The van der Waals surface area contributed by atoms with Gasteiger partial charge in [-0.3, -0.25) is 9.59 Å². The Morgan fingerprint density at radius 1 is 1.11 bits per heavy atom. The average Bonchev–Trinajstić information content (AvgIpc) is 3.35. The van der Waals surface area contributed by atoms with Gasteiger partial charge in [0.05, 0.1) is 22.6 Å². The van der Waals surface area contributed by atoms with Gasteiger partial charge in [-0.15, -0.1) is 23.1 Å². The highest BCUT2D eigenvalue weighted by Gasteiger charge is 2.18. The third kappa shape index (κ3) is 6.26. The zero-order valence-electron chi connectivity index (χ0n) is 15.2. The zero-order valence-corrected chi connectivity index (χ0v) is 16.9. The molecule has 0 saturated heterocycles. The number of amides is 2. The molecule has 2 heterocycles. The van der Waals surface area contributed by atoms with Crippen LogP contribution in [-0.2, 0) is 22.7 Å². The van der Waals surface area contributed by atoms with Crippen LogP contribution in [0.15, 0.2) is 69.5 Å². The normalized spacial score (nSPS) is 11.9. The summed E-state index contributed by atoms with van der Waals surface area (Å²) in [5, 5.41) is 5.00. The molecule has 0 fully saturated rings. The molecule has 2 amide bonds. The van der Waals surface area contributed by atoms with E-state index in [1.165, 1.54) is 16.6 Å². The lowest BCUT2D eigenvalue weighted by molar-refractivity contribution is -0.920. The van der Waals surface area contributed by atoms with E-state index in [0.29, 0.717) is 18.8 Å². The number of hydrogen-bond acceptors (Lipinski definition) is 5. The van der Waals surface area contributed by atoms with Crippen molar-refractivity contribution in [2.24, 2.45) is 5.73 Å². The van der Waals surface area contributed by atoms with Crippen LogP contribution in [0.25, 0.3) is 0 Å². The largest absolute Gasteiger partial charge is 0.463 e. The first-order valence-electron chi connectivity index (χ1n) is 8.78. The van der Waals surface area contributed by atoms with Gasteiger partial charge in [0.2, 0.25) is 5.91 Å². The molecule has 0 aliphatic rings. The molecule has 4 N–H and O–H groups in total. The van der Waals surface area contributed by atoms with Gasteiger partial charge in [-0.2, -0.15) is 0 Å². The molecule has 1 atom stereocenters. The minimum atomic E-state index is -0.392. The van der Waals surface area contributed by atoms with Crippen molar-refractivity contribution in [1.82, 2.24) is 0 Å². The van der Waals surface area contributed by atoms with Crippen LogP contribution in [0, 0.1) is 0 Å². The monoisotopic (exact) mass is 416 g/mol. The van der Waals surface area contributed by atoms with Gasteiger partial charge in [-0.05, 0) is 35.7 Å². The van der Waals surface area contributed by atoms with Crippen molar-refractivity contribution >= 4 is 40.6 Å². The van der Waals surface area contributed by atoms with Crippen molar-refractivity contribution in [3.63, 3.8) is 0 Å². The van der Waals surface area contributed by atoms with Gasteiger partial charge in [-0.25, -0.2) is 0 Å². The maximum atomic E-state index is 12.7. The third-order valence-electron chi connectivity index (χ3n) is 3.95. The molecule has 0 radical (unpaired) electrons. The predicted molar refractivity (Wildman–Crippen MR) is 111 cm³/mol. The lowest BCUT2D eigenvalue weighted by atomic mass is 10.3. The Kier molecular flexibility index (Phi) is 7.30. The van der Waals surface area contributed by atoms with E-state index >= 15 is 0 Å². The number of thiophene rings is 1. The first-order chi connectivity index (χ1) is 13.6. The lowest BCUT2D eigenvalue weighted by Gasteiger charge is -2.18. The van der Waals surface area contributed by atoms with Crippen molar-refractivity contribution in [3.05, 3.63) is 70.8 Å². The minimum Gasteiger partial charge on any atom is -0.463 e. The molecule has 146 valence electrons. The Bertz CT molecular complexity index is 859. The van der Waals surface area contributed by atoms with E-state index in [4.69, 9.17) is 10.2 Å². The second-order valence-corrected chi connectivity index (χ2v) is 8.29. The summed E-state index contributed by atoms with van der Waals surface area (Å²) < 4.78 is 5.46. The maximum absolute atomic E-state index is 12.7.